The molecule has 23 heavy (non-hydrogen) atoms. The molecule has 0 saturated heterocycles. The molecule has 0 radical (unpaired) electrons. The van der Waals surface area contributed by atoms with Gasteiger partial charge in [0, 0.05) is 33.7 Å². The van der Waals surface area contributed by atoms with Crippen LogP contribution in [-0.4, -0.2) is 18.6 Å². The zero-order chi connectivity index (χ0) is 16.0. The van der Waals surface area contributed by atoms with Gasteiger partial charge in [-0.2, -0.15) is 0 Å². The first kappa shape index (κ1) is 14.5. The number of fused-ring (bicyclic) bond motifs is 3. The van der Waals surface area contributed by atoms with Crippen LogP contribution in [0.4, 0.5) is 4.39 Å². The molecule has 3 nitrogen and oxygen atoms in total. The van der Waals surface area contributed by atoms with Crippen LogP contribution in [-0.2, 0) is 6.42 Å². The van der Waals surface area contributed by atoms with Gasteiger partial charge in [-0.25, -0.2) is 4.39 Å². The molecule has 0 bridgehead atoms. The van der Waals surface area contributed by atoms with Crippen LogP contribution in [0.15, 0.2) is 36.4 Å². The predicted octanol–water partition coefficient (Wildman–Crippen LogP) is 4.20. The molecule has 1 aliphatic rings. The highest BCUT2D eigenvalue weighted by molar-refractivity contribution is 6.31. The number of aromatic nitrogens is 1. The first-order chi connectivity index (χ1) is 11.2. The zero-order valence-corrected chi connectivity index (χ0v) is 13.4. The Balaban J connectivity index is 1.92. The van der Waals surface area contributed by atoms with Gasteiger partial charge in [-0.3, -0.25) is 0 Å². The molecule has 3 aromatic rings. The highest BCUT2D eigenvalue weighted by Gasteiger charge is 2.28. The van der Waals surface area contributed by atoms with Gasteiger partial charge in [0.15, 0.2) is 0 Å². The van der Waals surface area contributed by atoms with E-state index in [2.05, 4.69) is 10.3 Å². The number of methoxy groups -OCH3 is 1. The fourth-order valence-electron chi connectivity index (χ4n) is 3.37. The molecular formula is C18H16ClFN2O. The van der Waals surface area contributed by atoms with Crippen molar-refractivity contribution < 1.29 is 9.13 Å². The van der Waals surface area contributed by atoms with Crippen molar-refractivity contribution >= 4 is 22.5 Å². The molecule has 1 unspecified atom stereocenters. The van der Waals surface area contributed by atoms with Gasteiger partial charge in [0.05, 0.1) is 13.2 Å². The molecule has 1 atom stereocenters. The molecule has 5 heteroatoms. The van der Waals surface area contributed by atoms with E-state index in [1.165, 1.54) is 11.6 Å². The minimum atomic E-state index is -0.293. The lowest BCUT2D eigenvalue weighted by Gasteiger charge is -2.26. The fraction of sp³-hybridized carbons (Fsp3) is 0.222. The lowest BCUT2D eigenvalue weighted by Crippen LogP contribution is -2.31. The van der Waals surface area contributed by atoms with E-state index in [1.807, 2.05) is 18.2 Å². The van der Waals surface area contributed by atoms with Gasteiger partial charge in [-0.15, -0.1) is 0 Å². The van der Waals surface area contributed by atoms with Crippen LogP contribution in [0.5, 0.6) is 5.75 Å². The second kappa shape index (κ2) is 5.55. The molecule has 0 spiro atoms. The van der Waals surface area contributed by atoms with Crippen molar-refractivity contribution in [1.82, 2.24) is 10.3 Å². The minimum Gasteiger partial charge on any atom is -0.497 e. The lowest BCUT2D eigenvalue weighted by molar-refractivity contribution is 0.415. The number of rotatable bonds is 2. The van der Waals surface area contributed by atoms with Crippen LogP contribution in [0.25, 0.3) is 10.9 Å². The Morgan fingerprint density at radius 1 is 1.26 bits per heavy atom. The molecule has 2 aromatic carbocycles. The lowest BCUT2D eigenvalue weighted by atomic mass is 9.94. The van der Waals surface area contributed by atoms with E-state index in [0.717, 1.165) is 35.3 Å². The fourth-order valence-corrected chi connectivity index (χ4v) is 3.64. The van der Waals surface area contributed by atoms with Gasteiger partial charge in [-0.05, 0) is 42.3 Å². The average Bonchev–Trinajstić information content (AvgIpc) is 2.93. The number of benzene rings is 2. The molecular weight excluding hydrogens is 315 g/mol. The van der Waals surface area contributed by atoms with Crippen LogP contribution in [0, 0.1) is 5.82 Å². The van der Waals surface area contributed by atoms with Crippen molar-refractivity contribution in [1.29, 1.82) is 0 Å². The maximum atomic E-state index is 14.3. The Morgan fingerprint density at radius 3 is 2.91 bits per heavy atom. The molecule has 118 valence electrons. The van der Waals surface area contributed by atoms with E-state index in [9.17, 15) is 4.39 Å². The first-order valence-corrected chi connectivity index (χ1v) is 7.92. The highest BCUT2D eigenvalue weighted by atomic mass is 35.5. The van der Waals surface area contributed by atoms with Crippen LogP contribution < -0.4 is 10.1 Å². The van der Waals surface area contributed by atoms with Crippen LogP contribution in [0.1, 0.15) is 22.9 Å². The molecule has 2 N–H and O–H groups in total. The van der Waals surface area contributed by atoms with Gasteiger partial charge in [0.2, 0.25) is 0 Å². The molecule has 1 aliphatic heterocycles. The van der Waals surface area contributed by atoms with E-state index in [1.54, 1.807) is 19.2 Å². The molecule has 0 amide bonds. The van der Waals surface area contributed by atoms with Crippen molar-refractivity contribution in [3.63, 3.8) is 0 Å². The summed E-state index contributed by atoms with van der Waals surface area (Å²) in [5, 5.41) is 4.94. The largest absolute Gasteiger partial charge is 0.497 e. The molecule has 0 aliphatic carbocycles. The molecule has 0 fully saturated rings. The third kappa shape index (κ3) is 2.30. The Kier molecular flexibility index (Phi) is 3.51. The second-order valence-corrected chi connectivity index (χ2v) is 6.11. The predicted molar refractivity (Wildman–Crippen MR) is 89.8 cm³/mol. The normalized spacial score (nSPS) is 17.3. The summed E-state index contributed by atoms with van der Waals surface area (Å²) in [5.41, 5.74) is 3.69. The second-order valence-electron chi connectivity index (χ2n) is 5.70. The summed E-state index contributed by atoms with van der Waals surface area (Å²) in [6, 6.07) is 10.5. The van der Waals surface area contributed by atoms with Gasteiger partial charge < -0.3 is 15.0 Å². The van der Waals surface area contributed by atoms with Crippen LogP contribution in [0.2, 0.25) is 5.02 Å². The van der Waals surface area contributed by atoms with Crippen molar-refractivity contribution in [2.45, 2.75) is 12.5 Å². The molecule has 1 aromatic heterocycles. The monoisotopic (exact) mass is 330 g/mol. The summed E-state index contributed by atoms with van der Waals surface area (Å²) >= 11 is 6.26. The number of H-pyrrole nitrogens is 1. The summed E-state index contributed by atoms with van der Waals surface area (Å²) in [6.07, 6.45) is 0.880. The molecule has 4 rings (SSSR count). The first-order valence-electron chi connectivity index (χ1n) is 7.55. The Morgan fingerprint density at radius 2 is 2.13 bits per heavy atom. The van der Waals surface area contributed by atoms with Crippen LogP contribution >= 0.6 is 11.6 Å². The van der Waals surface area contributed by atoms with Crippen molar-refractivity contribution in [3.05, 3.63) is 64.1 Å². The highest BCUT2D eigenvalue weighted by Crippen LogP contribution is 2.37. The van der Waals surface area contributed by atoms with E-state index in [0.29, 0.717) is 10.6 Å². The van der Waals surface area contributed by atoms with E-state index >= 15 is 0 Å². The number of aromatic amines is 1. The molecule has 2 heterocycles. The van der Waals surface area contributed by atoms with Crippen molar-refractivity contribution in [2.24, 2.45) is 0 Å². The third-order valence-corrected chi connectivity index (χ3v) is 4.78. The summed E-state index contributed by atoms with van der Waals surface area (Å²) in [4.78, 5) is 3.43. The van der Waals surface area contributed by atoms with Gasteiger partial charge in [-0.1, -0.05) is 17.7 Å². The molecule has 0 saturated carbocycles. The summed E-state index contributed by atoms with van der Waals surface area (Å²) < 4.78 is 19.7. The smallest absolute Gasteiger partial charge is 0.129 e. The summed E-state index contributed by atoms with van der Waals surface area (Å²) in [5.74, 6) is 0.525. The zero-order valence-electron chi connectivity index (χ0n) is 12.6. The van der Waals surface area contributed by atoms with E-state index in [4.69, 9.17) is 16.3 Å². The van der Waals surface area contributed by atoms with Gasteiger partial charge in [0.1, 0.15) is 11.6 Å². The third-order valence-electron chi connectivity index (χ3n) is 4.45. The Labute approximate surface area is 138 Å². The van der Waals surface area contributed by atoms with Gasteiger partial charge >= 0.3 is 0 Å². The summed E-state index contributed by atoms with van der Waals surface area (Å²) in [7, 11) is 1.66. The maximum absolute atomic E-state index is 14.3. The van der Waals surface area contributed by atoms with E-state index in [-0.39, 0.29) is 11.9 Å². The van der Waals surface area contributed by atoms with Gasteiger partial charge in [0.25, 0.3) is 0 Å². The number of ether oxygens (including phenoxy) is 1. The summed E-state index contributed by atoms with van der Waals surface area (Å²) in [6.45, 7) is 0.770. The van der Waals surface area contributed by atoms with Crippen LogP contribution in [0.3, 0.4) is 0 Å². The van der Waals surface area contributed by atoms with E-state index < -0.39 is 0 Å². The van der Waals surface area contributed by atoms with Crippen molar-refractivity contribution in [2.75, 3.05) is 13.7 Å². The SMILES string of the molecule is COc1ccc2[nH]c3c(c2c1)CCNC3c1c(F)cccc1Cl. The maximum Gasteiger partial charge on any atom is 0.129 e. The Hall–Kier alpha value is -2.04. The number of hydrogen-bond donors (Lipinski definition) is 2. The number of nitrogens with one attached hydrogen (secondary N) is 2. The number of halogens is 2. The topological polar surface area (TPSA) is 37.0 Å². The average molecular weight is 331 g/mol. The number of hydrogen-bond acceptors (Lipinski definition) is 2. The van der Waals surface area contributed by atoms with Crippen molar-refractivity contribution in [3.8, 4) is 5.75 Å². The minimum absolute atomic E-state index is 0.272. The standard InChI is InChI=1S/C18H16ClFN2O/c1-23-10-5-6-15-12(9-10)11-7-8-21-18(17(11)22-15)16-13(19)3-2-4-14(16)20/h2-6,9,18,21-22H,7-8H2,1H3. The Bertz CT molecular complexity index is 870. The quantitative estimate of drug-likeness (QED) is 0.738.